The Morgan fingerprint density at radius 1 is 1.39 bits per heavy atom. The Morgan fingerprint density at radius 3 is 2.91 bits per heavy atom. The fourth-order valence-corrected chi connectivity index (χ4v) is 2.35. The van der Waals surface area contributed by atoms with Gasteiger partial charge in [0.2, 0.25) is 11.8 Å². The van der Waals surface area contributed by atoms with Gasteiger partial charge in [-0.2, -0.15) is 5.10 Å². The number of aryl methyl sites for hydroxylation is 2. The van der Waals surface area contributed by atoms with Crippen LogP contribution in [0.2, 0.25) is 0 Å². The number of hydrogen-bond donors (Lipinski definition) is 2. The van der Waals surface area contributed by atoms with Crippen molar-refractivity contribution in [1.29, 1.82) is 0 Å². The quantitative estimate of drug-likeness (QED) is 0.708. The second-order valence-electron chi connectivity index (χ2n) is 5.26. The van der Waals surface area contributed by atoms with E-state index >= 15 is 0 Å². The first kappa shape index (κ1) is 17.0. The molecule has 2 rings (SSSR count). The zero-order chi connectivity index (χ0) is 16.7. The van der Waals surface area contributed by atoms with E-state index in [1.807, 2.05) is 26.1 Å². The first-order chi connectivity index (χ1) is 11.1. The fourth-order valence-electron chi connectivity index (χ4n) is 2.35. The summed E-state index contributed by atoms with van der Waals surface area (Å²) in [5.74, 6) is 0.757. The van der Waals surface area contributed by atoms with Crippen LogP contribution in [0.1, 0.15) is 23.2 Å². The van der Waals surface area contributed by atoms with E-state index in [-0.39, 0.29) is 5.91 Å². The standard InChI is InChI=1S/C16H23N5O2/c1-12-14(16(23-3)21(2)20-12)11-18-8-6-15(22)19-10-13-5-4-7-17-9-13/h4-5,7,9,18H,6,8,10-11H2,1-3H3,(H,19,22). The molecule has 1 amide bonds. The third-order valence-corrected chi connectivity index (χ3v) is 3.53. The number of nitrogens with one attached hydrogen (secondary N) is 2. The molecule has 2 N–H and O–H groups in total. The average molecular weight is 317 g/mol. The highest BCUT2D eigenvalue weighted by Gasteiger charge is 2.13. The number of methoxy groups -OCH3 is 1. The van der Waals surface area contributed by atoms with Crippen LogP contribution in [0.4, 0.5) is 0 Å². The van der Waals surface area contributed by atoms with Crippen molar-refractivity contribution in [2.45, 2.75) is 26.4 Å². The Bertz CT molecular complexity index is 639. The molecule has 0 aliphatic rings. The van der Waals surface area contributed by atoms with Crippen LogP contribution in [0, 0.1) is 6.92 Å². The number of pyridine rings is 1. The average Bonchev–Trinajstić information content (AvgIpc) is 2.83. The molecule has 124 valence electrons. The highest BCUT2D eigenvalue weighted by Crippen LogP contribution is 2.20. The van der Waals surface area contributed by atoms with Gasteiger partial charge in [-0.3, -0.25) is 9.78 Å². The number of amides is 1. The molecule has 7 heteroatoms. The summed E-state index contributed by atoms with van der Waals surface area (Å²) >= 11 is 0. The van der Waals surface area contributed by atoms with Crippen LogP contribution in [0.25, 0.3) is 0 Å². The molecule has 0 fully saturated rings. The van der Waals surface area contributed by atoms with Crippen molar-refractivity contribution in [1.82, 2.24) is 25.4 Å². The van der Waals surface area contributed by atoms with Gasteiger partial charge in [-0.05, 0) is 18.6 Å². The van der Waals surface area contributed by atoms with E-state index in [0.29, 0.717) is 26.1 Å². The minimum atomic E-state index is 0.0104. The third-order valence-electron chi connectivity index (χ3n) is 3.53. The van der Waals surface area contributed by atoms with E-state index < -0.39 is 0 Å². The van der Waals surface area contributed by atoms with Crippen LogP contribution in [0.3, 0.4) is 0 Å². The Balaban J connectivity index is 1.70. The smallest absolute Gasteiger partial charge is 0.221 e. The fraction of sp³-hybridized carbons (Fsp3) is 0.438. The predicted octanol–water partition coefficient (Wildman–Crippen LogP) is 0.928. The van der Waals surface area contributed by atoms with Crippen molar-refractivity contribution in [2.75, 3.05) is 13.7 Å². The largest absolute Gasteiger partial charge is 0.481 e. The van der Waals surface area contributed by atoms with Crippen LogP contribution >= 0.6 is 0 Å². The first-order valence-electron chi connectivity index (χ1n) is 7.54. The van der Waals surface area contributed by atoms with Gasteiger partial charge in [0.25, 0.3) is 0 Å². The lowest BCUT2D eigenvalue weighted by atomic mass is 10.2. The van der Waals surface area contributed by atoms with Gasteiger partial charge in [0.05, 0.1) is 18.4 Å². The Hall–Kier alpha value is -2.41. The second kappa shape index (κ2) is 8.28. The molecule has 7 nitrogen and oxygen atoms in total. The minimum Gasteiger partial charge on any atom is -0.481 e. The molecule has 0 atom stereocenters. The normalized spacial score (nSPS) is 10.6. The van der Waals surface area contributed by atoms with Gasteiger partial charge in [-0.25, -0.2) is 4.68 Å². The van der Waals surface area contributed by atoms with E-state index in [1.165, 1.54) is 0 Å². The molecule has 0 aromatic carbocycles. The van der Waals surface area contributed by atoms with E-state index in [2.05, 4.69) is 20.7 Å². The molecule has 0 unspecified atom stereocenters. The molecular weight excluding hydrogens is 294 g/mol. The number of carbonyl (C=O) groups excluding carboxylic acids is 1. The summed E-state index contributed by atoms with van der Waals surface area (Å²) in [5, 5.41) is 10.5. The molecule has 0 aliphatic carbocycles. The van der Waals surface area contributed by atoms with Gasteiger partial charge < -0.3 is 15.4 Å². The van der Waals surface area contributed by atoms with Crippen LogP contribution in [0.5, 0.6) is 5.88 Å². The predicted molar refractivity (Wildman–Crippen MR) is 86.9 cm³/mol. The van der Waals surface area contributed by atoms with Gasteiger partial charge in [0.1, 0.15) is 0 Å². The lowest BCUT2D eigenvalue weighted by Gasteiger charge is -2.08. The van der Waals surface area contributed by atoms with Crippen molar-refractivity contribution in [3.8, 4) is 5.88 Å². The van der Waals surface area contributed by atoms with Gasteiger partial charge >= 0.3 is 0 Å². The molecule has 2 heterocycles. The van der Waals surface area contributed by atoms with Crippen molar-refractivity contribution >= 4 is 5.91 Å². The molecule has 2 aromatic heterocycles. The summed E-state index contributed by atoms with van der Waals surface area (Å²) in [6.07, 6.45) is 3.88. The molecule has 23 heavy (non-hydrogen) atoms. The molecule has 0 radical (unpaired) electrons. The zero-order valence-electron chi connectivity index (χ0n) is 13.8. The molecule has 0 saturated carbocycles. The maximum absolute atomic E-state index is 11.8. The van der Waals surface area contributed by atoms with Crippen LogP contribution in [-0.2, 0) is 24.9 Å². The van der Waals surface area contributed by atoms with Crippen molar-refractivity contribution < 1.29 is 9.53 Å². The van der Waals surface area contributed by atoms with E-state index in [4.69, 9.17) is 4.74 Å². The lowest BCUT2D eigenvalue weighted by Crippen LogP contribution is -2.27. The molecule has 0 bridgehead atoms. The number of aromatic nitrogens is 3. The number of ether oxygens (including phenoxy) is 1. The van der Waals surface area contributed by atoms with Crippen LogP contribution < -0.4 is 15.4 Å². The number of nitrogens with zero attached hydrogens (tertiary/aromatic N) is 3. The highest BCUT2D eigenvalue weighted by atomic mass is 16.5. The van der Waals surface area contributed by atoms with Crippen molar-refractivity contribution in [3.05, 3.63) is 41.3 Å². The minimum absolute atomic E-state index is 0.0104. The maximum atomic E-state index is 11.8. The topological polar surface area (TPSA) is 81.1 Å². The zero-order valence-corrected chi connectivity index (χ0v) is 13.8. The monoisotopic (exact) mass is 317 g/mol. The highest BCUT2D eigenvalue weighted by molar-refractivity contribution is 5.76. The van der Waals surface area contributed by atoms with Crippen LogP contribution in [0.15, 0.2) is 24.5 Å². The van der Waals surface area contributed by atoms with Gasteiger partial charge in [0, 0.05) is 45.5 Å². The summed E-state index contributed by atoms with van der Waals surface area (Å²) in [7, 11) is 3.48. The summed E-state index contributed by atoms with van der Waals surface area (Å²) in [4.78, 5) is 15.8. The van der Waals surface area contributed by atoms with Crippen LogP contribution in [-0.4, -0.2) is 34.3 Å². The van der Waals surface area contributed by atoms with E-state index in [9.17, 15) is 4.79 Å². The molecule has 0 aliphatic heterocycles. The third kappa shape index (κ3) is 4.79. The van der Waals surface area contributed by atoms with Crippen molar-refractivity contribution in [2.24, 2.45) is 7.05 Å². The number of rotatable bonds is 8. The summed E-state index contributed by atoms with van der Waals surface area (Å²) in [6, 6.07) is 3.79. The summed E-state index contributed by atoms with van der Waals surface area (Å²) in [6.45, 7) is 3.66. The maximum Gasteiger partial charge on any atom is 0.221 e. The van der Waals surface area contributed by atoms with E-state index in [1.54, 1.807) is 24.2 Å². The summed E-state index contributed by atoms with van der Waals surface area (Å²) in [5.41, 5.74) is 2.94. The van der Waals surface area contributed by atoms with Gasteiger partial charge in [-0.15, -0.1) is 0 Å². The summed E-state index contributed by atoms with van der Waals surface area (Å²) < 4.78 is 7.05. The number of carbonyl (C=O) groups is 1. The molecule has 0 saturated heterocycles. The second-order valence-corrected chi connectivity index (χ2v) is 5.26. The van der Waals surface area contributed by atoms with E-state index in [0.717, 1.165) is 22.7 Å². The molecular formula is C16H23N5O2. The number of hydrogen-bond acceptors (Lipinski definition) is 5. The van der Waals surface area contributed by atoms with Gasteiger partial charge in [0.15, 0.2) is 0 Å². The Kier molecular flexibility index (Phi) is 6.10. The molecule has 0 spiro atoms. The van der Waals surface area contributed by atoms with Crippen molar-refractivity contribution in [3.63, 3.8) is 0 Å². The first-order valence-corrected chi connectivity index (χ1v) is 7.54. The Labute approximate surface area is 136 Å². The lowest BCUT2D eigenvalue weighted by molar-refractivity contribution is -0.121. The molecule has 2 aromatic rings. The SMILES string of the molecule is COc1c(CNCCC(=O)NCc2cccnc2)c(C)nn1C. The Morgan fingerprint density at radius 2 is 2.22 bits per heavy atom. The van der Waals surface area contributed by atoms with Gasteiger partial charge in [-0.1, -0.05) is 6.07 Å².